The van der Waals surface area contributed by atoms with Crippen LogP contribution in [0.1, 0.15) is 23.0 Å². The maximum Gasteiger partial charge on any atom is 0.257 e. The molecular formula is C14H15N3O2. The molecule has 0 aliphatic carbocycles. The fourth-order valence-electron chi connectivity index (χ4n) is 1.78. The van der Waals surface area contributed by atoms with Crippen molar-refractivity contribution in [2.75, 3.05) is 10.6 Å². The van der Waals surface area contributed by atoms with E-state index in [1.54, 1.807) is 36.5 Å². The lowest BCUT2D eigenvalue weighted by atomic mass is 10.2. The Hall–Kier alpha value is -2.56. The molecule has 5 nitrogen and oxygen atoms in total. The van der Waals surface area contributed by atoms with Crippen LogP contribution in [-0.2, 0) is 4.79 Å². The van der Waals surface area contributed by atoms with Gasteiger partial charge >= 0.3 is 0 Å². The van der Waals surface area contributed by atoms with Gasteiger partial charge in [0.15, 0.2) is 0 Å². The lowest BCUT2D eigenvalue weighted by Crippen LogP contribution is -2.13. The van der Waals surface area contributed by atoms with Gasteiger partial charge in [-0.3, -0.25) is 9.59 Å². The van der Waals surface area contributed by atoms with E-state index in [2.05, 4.69) is 15.6 Å². The molecule has 2 aromatic rings. The van der Waals surface area contributed by atoms with Gasteiger partial charge < -0.3 is 15.6 Å². The highest BCUT2D eigenvalue weighted by Crippen LogP contribution is 2.16. The third-order valence-electron chi connectivity index (χ3n) is 2.64. The highest BCUT2D eigenvalue weighted by molar-refractivity contribution is 6.05. The summed E-state index contributed by atoms with van der Waals surface area (Å²) in [5, 5.41) is 5.46. The number of aromatic nitrogens is 1. The van der Waals surface area contributed by atoms with Crippen molar-refractivity contribution < 1.29 is 9.59 Å². The van der Waals surface area contributed by atoms with Crippen LogP contribution in [0.4, 0.5) is 11.4 Å². The first-order chi connectivity index (χ1) is 9.06. The van der Waals surface area contributed by atoms with Crippen LogP contribution >= 0.6 is 0 Å². The van der Waals surface area contributed by atoms with Gasteiger partial charge in [-0.2, -0.15) is 0 Å². The monoisotopic (exact) mass is 257 g/mol. The first-order valence-electron chi connectivity index (χ1n) is 5.89. The number of amides is 2. The summed E-state index contributed by atoms with van der Waals surface area (Å²) in [4.78, 5) is 25.9. The first-order valence-corrected chi connectivity index (χ1v) is 5.89. The summed E-state index contributed by atoms with van der Waals surface area (Å²) < 4.78 is 0. The molecule has 1 aromatic carbocycles. The zero-order chi connectivity index (χ0) is 13.8. The van der Waals surface area contributed by atoms with Gasteiger partial charge in [-0.1, -0.05) is 6.07 Å². The van der Waals surface area contributed by atoms with Gasteiger partial charge in [-0.25, -0.2) is 0 Å². The molecule has 0 atom stereocenters. The fourth-order valence-corrected chi connectivity index (χ4v) is 1.78. The molecule has 1 heterocycles. The summed E-state index contributed by atoms with van der Waals surface area (Å²) >= 11 is 0. The number of nitrogens with one attached hydrogen (secondary N) is 3. The van der Waals surface area contributed by atoms with E-state index in [9.17, 15) is 9.59 Å². The number of H-pyrrole nitrogens is 1. The van der Waals surface area contributed by atoms with Gasteiger partial charge in [0.1, 0.15) is 0 Å². The highest BCUT2D eigenvalue weighted by Gasteiger charge is 2.10. The van der Waals surface area contributed by atoms with Crippen molar-refractivity contribution >= 4 is 23.2 Å². The van der Waals surface area contributed by atoms with Crippen LogP contribution in [0.3, 0.4) is 0 Å². The van der Waals surface area contributed by atoms with E-state index in [0.29, 0.717) is 16.9 Å². The maximum absolute atomic E-state index is 12.0. The Labute approximate surface area is 111 Å². The molecule has 2 amide bonds. The quantitative estimate of drug-likeness (QED) is 0.790. The van der Waals surface area contributed by atoms with Gasteiger partial charge in [-0.05, 0) is 31.2 Å². The maximum atomic E-state index is 12.0. The molecule has 98 valence electrons. The van der Waals surface area contributed by atoms with Crippen LogP contribution in [0.2, 0.25) is 0 Å². The van der Waals surface area contributed by atoms with Crippen molar-refractivity contribution in [2.24, 2.45) is 0 Å². The molecule has 1 aromatic heterocycles. The number of aromatic amines is 1. The SMILES string of the molecule is CC(=O)Nc1cccc(NC(=O)c2cc[nH]c2C)c1. The summed E-state index contributed by atoms with van der Waals surface area (Å²) in [6.45, 7) is 3.27. The minimum atomic E-state index is -0.182. The smallest absolute Gasteiger partial charge is 0.257 e. The molecule has 0 saturated carbocycles. The zero-order valence-corrected chi connectivity index (χ0v) is 10.8. The van der Waals surface area contributed by atoms with Crippen LogP contribution in [-0.4, -0.2) is 16.8 Å². The molecule has 0 fully saturated rings. The van der Waals surface area contributed by atoms with E-state index < -0.39 is 0 Å². The standard InChI is InChI=1S/C14H15N3O2/c1-9-13(6-7-15-9)14(19)17-12-5-3-4-11(8-12)16-10(2)18/h3-8,15H,1-2H3,(H,16,18)(H,17,19). The van der Waals surface area contributed by atoms with E-state index >= 15 is 0 Å². The van der Waals surface area contributed by atoms with Crippen molar-refractivity contribution in [1.29, 1.82) is 0 Å². The van der Waals surface area contributed by atoms with Crippen molar-refractivity contribution in [3.05, 3.63) is 47.8 Å². The summed E-state index contributed by atoms with van der Waals surface area (Å²) in [6.07, 6.45) is 1.72. The Balaban J connectivity index is 2.13. The Bertz CT molecular complexity index is 617. The molecule has 0 saturated heterocycles. The van der Waals surface area contributed by atoms with E-state index in [4.69, 9.17) is 0 Å². The van der Waals surface area contributed by atoms with E-state index in [1.165, 1.54) is 6.92 Å². The Morgan fingerprint density at radius 1 is 1.11 bits per heavy atom. The Morgan fingerprint density at radius 3 is 2.37 bits per heavy atom. The molecule has 0 aliphatic heterocycles. The predicted octanol–water partition coefficient (Wildman–Crippen LogP) is 2.53. The van der Waals surface area contributed by atoms with Gasteiger partial charge in [-0.15, -0.1) is 0 Å². The second kappa shape index (κ2) is 5.39. The number of benzene rings is 1. The molecular weight excluding hydrogens is 242 g/mol. The van der Waals surface area contributed by atoms with Crippen molar-refractivity contribution in [2.45, 2.75) is 13.8 Å². The number of hydrogen-bond acceptors (Lipinski definition) is 2. The number of hydrogen-bond donors (Lipinski definition) is 3. The minimum Gasteiger partial charge on any atom is -0.365 e. The van der Waals surface area contributed by atoms with Gasteiger partial charge in [0, 0.05) is 30.2 Å². The number of carbonyl (C=O) groups is 2. The Kier molecular flexibility index (Phi) is 3.66. The van der Waals surface area contributed by atoms with Crippen LogP contribution in [0.25, 0.3) is 0 Å². The van der Waals surface area contributed by atoms with Crippen LogP contribution in [0.15, 0.2) is 36.5 Å². The Morgan fingerprint density at radius 2 is 1.79 bits per heavy atom. The van der Waals surface area contributed by atoms with Crippen LogP contribution < -0.4 is 10.6 Å². The highest BCUT2D eigenvalue weighted by atomic mass is 16.2. The van der Waals surface area contributed by atoms with Crippen molar-refractivity contribution in [1.82, 2.24) is 4.98 Å². The second-order valence-electron chi connectivity index (χ2n) is 4.23. The topological polar surface area (TPSA) is 74.0 Å². The molecule has 0 aliphatic rings. The fraction of sp³-hybridized carbons (Fsp3) is 0.143. The van der Waals surface area contributed by atoms with Crippen molar-refractivity contribution in [3.8, 4) is 0 Å². The van der Waals surface area contributed by atoms with Gasteiger partial charge in [0.2, 0.25) is 5.91 Å². The second-order valence-corrected chi connectivity index (χ2v) is 4.23. The summed E-state index contributed by atoms with van der Waals surface area (Å²) in [6, 6.07) is 8.73. The molecule has 0 spiro atoms. The van der Waals surface area contributed by atoms with Crippen LogP contribution in [0, 0.1) is 6.92 Å². The van der Waals surface area contributed by atoms with Gasteiger partial charge in [0.25, 0.3) is 5.91 Å². The third-order valence-corrected chi connectivity index (χ3v) is 2.64. The number of anilines is 2. The summed E-state index contributed by atoms with van der Waals surface area (Å²) in [5.41, 5.74) is 2.70. The zero-order valence-electron chi connectivity index (χ0n) is 10.8. The predicted molar refractivity (Wildman–Crippen MR) is 74.2 cm³/mol. The van der Waals surface area contributed by atoms with Gasteiger partial charge in [0.05, 0.1) is 5.56 Å². The molecule has 5 heteroatoms. The minimum absolute atomic E-state index is 0.148. The molecule has 19 heavy (non-hydrogen) atoms. The molecule has 3 N–H and O–H groups in total. The third kappa shape index (κ3) is 3.22. The number of carbonyl (C=O) groups excluding carboxylic acids is 2. The number of rotatable bonds is 3. The largest absolute Gasteiger partial charge is 0.365 e. The molecule has 2 rings (SSSR count). The summed E-state index contributed by atoms with van der Waals surface area (Å²) in [5.74, 6) is -0.330. The van der Waals surface area contributed by atoms with E-state index in [-0.39, 0.29) is 11.8 Å². The lowest BCUT2D eigenvalue weighted by Gasteiger charge is -2.07. The normalized spacial score (nSPS) is 10.0. The van der Waals surface area contributed by atoms with E-state index in [0.717, 1.165) is 5.69 Å². The molecule has 0 unspecified atom stereocenters. The average Bonchev–Trinajstić information content (AvgIpc) is 2.75. The summed E-state index contributed by atoms with van der Waals surface area (Å²) in [7, 11) is 0. The molecule has 0 radical (unpaired) electrons. The lowest BCUT2D eigenvalue weighted by molar-refractivity contribution is -0.114. The van der Waals surface area contributed by atoms with Crippen LogP contribution in [0.5, 0.6) is 0 Å². The first kappa shape index (κ1) is 12.9. The number of aryl methyl sites for hydroxylation is 1. The molecule has 0 bridgehead atoms. The average molecular weight is 257 g/mol. The van der Waals surface area contributed by atoms with Crippen molar-refractivity contribution in [3.63, 3.8) is 0 Å². The van der Waals surface area contributed by atoms with E-state index in [1.807, 2.05) is 6.92 Å².